The molecule has 0 spiro atoms. The Morgan fingerprint density at radius 2 is 2.05 bits per heavy atom. The number of pyridine rings is 1. The van der Waals surface area contributed by atoms with Crippen molar-refractivity contribution in [2.24, 2.45) is 4.99 Å². The Kier molecular flexibility index (Phi) is 3.52. The lowest BCUT2D eigenvalue weighted by Gasteiger charge is -2.40. The Hall–Kier alpha value is -2.13. The quantitative estimate of drug-likeness (QED) is 0.627. The molecule has 0 amide bonds. The number of rotatable bonds is 2. The van der Waals surface area contributed by atoms with E-state index in [1.54, 1.807) is 6.08 Å². The molecule has 1 aliphatic rings. The van der Waals surface area contributed by atoms with Crippen molar-refractivity contribution in [3.8, 4) is 0 Å². The Bertz CT molecular complexity index is 704. The van der Waals surface area contributed by atoms with Gasteiger partial charge in [0, 0.05) is 18.3 Å². The maximum Gasteiger partial charge on any atom is 0.242 e. The lowest BCUT2D eigenvalue weighted by atomic mass is 9.97. The topological polar surface area (TPSA) is 50.0 Å². The molecule has 0 aliphatic carbocycles. The minimum atomic E-state index is 0.495. The van der Waals surface area contributed by atoms with Gasteiger partial charge in [0.15, 0.2) is 11.5 Å². The SMILES string of the molecule is Cc1nc2c(N3C(C)CCCC3C)cccn2c1N=C=O. The van der Waals surface area contributed by atoms with E-state index in [1.807, 2.05) is 23.6 Å². The van der Waals surface area contributed by atoms with Gasteiger partial charge in [-0.3, -0.25) is 4.40 Å². The van der Waals surface area contributed by atoms with Crippen LogP contribution >= 0.6 is 0 Å². The summed E-state index contributed by atoms with van der Waals surface area (Å²) in [7, 11) is 0. The van der Waals surface area contributed by atoms with Crippen LogP contribution in [0.4, 0.5) is 11.5 Å². The summed E-state index contributed by atoms with van der Waals surface area (Å²) in [5, 5.41) is 0. The number of anilines is 1. The third-order valence-corrected chi connectivity index (χ3v) is 4.40. The van der Waals surface area contributed by atoms with E-state index in [9.17, 15) is 4.79 Å². The molecule has 2 unspecified atom stereocenters. The van der Waals surface area contributed by atoms with E-state index in [0.29, 0.717) is 17.9 Å². The summed E-state index contributed by atoms with van der Waals surface area (Å²) in [4.78, 5) is 21.5. The molecule has 2 atom stereocenters. The molecule has 2 aromatic rings. The highest BCUT2D eigenvalue weighted by molar-refractivity contribution is 5.73. The molecule has 1 saturated heterocycles. The van der Waals surface area contributed by atoms with Crippen molar-refractivity contribution in [1.82, 2.24) is 9.38 Å². The van der Waals surface area contributed by atoms with Crippen LogP contribution in [0.15, 0.2) is 23.3 Å². The van der Waals surface area contributed by atoms with Gasteiger partial charge in [0.2, 0.25) is 6.08 Å². The molecule has 21 heavy (non-hydrogen) atoms. The second kappa shape index (κ2) is 5.34. The van der Waals surface area contributed by atoms with E-state index in [0.717, 1.165) is 17.0 Å². The van der Waals surface area contributed by atoms with Crippen LogP contribution in [0.5, 0.6) is 0 Å². The van der Waals surface area contributed by atoms with E-state index in [2.05, 4.69) is 34.8 Å². The molecule has 5 nitrogen and oxygen atoms in total. The van der Waals surface area contributed by atoms with E-state index < -0.39 is 0 Å². The lowest BCUT2D eigenvalue weighted by molar-refractivity contribution is 0.415. The number of fused-ring (bicyclic) bond motifs is 1. The molecule has 0 N–H and O–H groups in total. The molecule has 3 rings (SSSR count). The van der Waals surface area contributed by atoms with Crippen LogP contribution in [0.1, 0.15) is 38.8 Å². The first-order chi connectivity index (χ1) is 10.1. The number of aromatic nitrogens is 2. The molecule has 0 radical (unpaired) electrons. The molecule has 1 fully saturated rings. The van der Waals surface area contributed by atoms with Gasteiger partial charge in [0.1, 0.15) is 0 Å². The smallest absolute Gasteiger partial charge is 0.242 e. The summed E-state index contributed by atoms with van der Waals surface area (Å²) in [6.45, 7) is 6.40. The standard InChI is InChI=1S/C16H20N4O/c1-11-6-4-7-12(2)20(11)14-8-5-9-19-15(17-10-21)13(3)18-16(14)19/h5,8-9,11-12H,4,6-7H2,1-3H3. The van der Waals surface area contributed by atoms with Crippen LogP contribution in [0, 0.1) is 6.92 Å². The van der Waals surface area contributed by atoms with Gasteiger partial charge in [0.05, 0.1) is 11.4 Å². The number of imidazole rings is 1. The number of aliphatic imine (C=N–C) groups is 1. The van der Waals surface area contributed by atoms with Gasteiger partial charge < -0.3 is 4.90 Å². The Morgan fingerprint density at radius 3 is 2.71 bits per heavy atom. The van der Waals surface area contributed by atoms with Crippen molar-refractivity contribution in [3.63, 3.8) is 0 Å². The Labute approximate surface area is 124 Å². The molecule has 1 aliphatic heterocycles. The largest absolute Gasteiger partial charge is 0.363 e. The van der Waals surface area contributed by atoms with E-state index in [-0.39, 0.29) is 0 Å². The zero-order chi connectivity index (χ0) is 15.0. The predicted molar refractivity (Wildman–Crippen MR) is 83.0 cm³/mol. The van der Waals surface area contributed by atoms with Crippen LogP contribution in [-0.4, -0.2) is 27.5 Å². The van der Waals surface area contributed by atoms with Gasteiger partial charge >= 0.3 is 0 Å². The molecule has 0 aromatic carbocycles. The highest BCUT2D eigenvalue weighted by atomic mass is 16.1. The monoisotopic (exact) mass is 284 g/mol. The summed E-state index contributed by atoms with van der Waals surface area (Å²) >= 11 is 0. The average molecular weight is 284 g/mol. The highest BCUT2D eigenvalue weighted by Gasteiger charge is 2.27. The number of hydrogen-bond donors (Lipinski definition) is 0. The highest BCUT2D eigenvalue weighted by Crippen LogP contribution is 2.33. The summed E-state index contributed by atoms with van der Waals surface area (Å²) in [6.07, 6.45) is 7.19. The average Bonchev–Trinajstić information content (AvgIpc) is 2.77. The van der Waals surface area contributed by atoms with Gasteiger partial charge in [-0.15, -0.1) is 4.99 Å². The number of aryl methyl sites for hydroxylation is 1. The van der Waals surface area contributed by atoms with Crippen LogP contribution < -0.4 is 4.90 Å². The maximum absolute atomic E-state index is 10.6. The fraction of sp³-hybridized carbons (Fsp3) is 0.500. The van der Waals surface area contributed by atoms with E-state index in [1.165, 1.54) is 19.3 Å². The molecule has 0 bridgehead atoms. The summed E-state index contributed by atoms with van der Waals surface area (Å²) < 4.78 is 1.88. The summed E-state index contributed by atoms with van der Waals surface area (Å²) in [6, 6.07) is 5.08. The number of hydrogen-bond acceptors (Lipinski definition) is 4. The normalized spacial score (nSPS) is 22.3. The van der Waals surface area contributed by atoms with Crippen molar-refractivity contribution in [2.45, 2.75) is 52.1 Å². The fourth-order valence-electron chi connectivity index (χ4n) is 3.43. The van der Waals surface area contributed by atoms with Gasteiger partial charge in [-0.1, -0.05) is 0 Å². The van der Waals surface area contributed by atoms with Gasteiger partial charge in [-0.2, -0.15) is 0 Å². The minimum Gasteiger partial charge on any atom is -0.363 e. The third-order valence-electron chi connectivity index (χ3n) is 4.40. The van der Waals surface area contributed by atoms with Crippen LogP contribution in [-0.2, 0) is 4.79 Å². The third kappa shape index (κ3) is 2.24. The second-order valence-corrected chi connectivity index (χ2v) is 5.85. The Balaban J connectivity index is 2.19. The minimum absolute atomic E-state index is 0.495. The van der Waals surface area contributed by atoms with Crippen LogP contribution in [0.25, 0.3) is 5.65 Å². The zero-order valence-electron chi connectivity index (χ0n) is 12.7. The van der Waals surface area contributed by atoms with Gasteiger partial charge in [0.25, 0.3) is 0 Å². The first-order valence-electron chi connectivity index (χ1n) is 7.47. The predicted octanol–water partition coefficient (Wildman–Crippen LogP) is 3.38. The van der Waals surface area contributed by atoms with Crippen LogP contribution in [0.3, 0.4) is 0 Å². The van der Waals surface area contributed by atoms with Crippen molar-refractivity contribution < 1.29 is 4.79 Å². The molecule has 5 heteroatoms. The van der Waals surface area contributed by atoms with Crippen LogP contribution in [0.2, 0.25) is 0 Å². The molecule has 110 valence electrons. The van der Waals surface area contributed by atoms with E-state index >= 15 is 0 Å². The number of carbonyl (C=O) groups excluding carboxylic acids is 1. The molecule has 0 saturated carbocycles. The van der Waals surface area contributed by atoms with Gasteiger partial charge in [-0.25, -0.2) is 9.78 Å². The summed E-state index contributed by atoms with van der Waals surface area (Å²) in [5.41, 5.74) is 2.74. The first-order valence-corrected chi connectivity index (χ1v) is 7.47. The number of isocyanates is 1. The Morgan fingerprint density at radius 1 is 1.33 bits per heavy atom. The fourth-order valence-corrected chi connectivity index (χ4v) is 3.43. The lowest BCUT2D eigenvalue weighted by Crippen LogP contribution is -2.44. The second-order valence-electron chi connectivity index (χ2n) is 5.85. The van der Waals surface area contributed by atoms with E-state index in [4.69, 9.17) is 0 Å². The number of piperidine rings is 1. The first kappa shape index (κ1) is 13.8. The van der Waals surface area contributed by atoms with Crippen molar-refractivity contribution >= 4 is 23.2 Å². The van der Waals surface area contributed by atoms with Crippen molar-refractivity contribution in [2.75, 3.05) is 4.90 Å². The number of nitrogens with zero attached hydrogens (tertiary/aromatic N) is 4. The molecular formula is C16H20N4O. The summed E-state index contributed by atoms with van der Waals surface area (Å²) in [5.74, 6) is 0.569. The molecule has 2 aromatic heterocycles. The van der Waals surface area contributed by atoms with Crippen molar-refractivity contribution in [1.29, 1.82) is 0 Å². The zero-order valence-corrected chi connectivity index (χ0v) is 12.7. The van der Waals surface area contributed by atoms with Crippen molar-refractivity contribution in [3.05, 3.63) is 24.0 Å². The maximum atomic E-state index is 10.6. The molecule has 3 heterocycles. The molecular weight excluding hydrogens is 264 g/mol. The van der Waals surface area contributed by atoms with Gasteiger partial charge in [-0.05, 0) is 52.2 Å².